The normalized spacial score (nSPS) is 10.9. The van der Waals surface area contributed by atoms with Crippen molar-refractivity contribution in [3.05, 3.63) is 26.2 Å². The fourth-order valence-corrected chi connectivity index (χ4v) is 3.65. The zero-order valence-corrected chi connectivity index (χ0v) is 11.3. The van der Waals surface area contributed by atoms with Gasteiger partial charge in [-0.25, -0.2) is 0 Å². The number of hydrogen-bond acceptors (Lipinski definition) is 2. The molecular weight excluding hydrogens is 367 g/mol. The summed E-state index contributed by atoms with van der Waals surface area (Å²) in [6.45, 7) is 0. The van der Waals surface area contributed by atoms with E-state index < -0.39 is 0 Å². The Morgan fingerprint density at radius 3 is 2.83 bits per heavy atom. The van der Waals surface area contributed by atoms with Crippen molar-refractivity contribution < 1.29 is 0 Å². The van der Waals surface area contributed by atoms with Crippen molar-refractivity contribution in [2.24, 2.45) is 0 Å². The zero-order chi connectivity index (χ0) is 8.72. The second-order valence-electron chi connectivity index (χ2n) is 2.36. The molecular formula is C8H4BrIS2. The van der Waals surface area contributed by atoms with E-state index in [-0.39, 0.29) is 0 Å². The monoisotopic (exact) mass is 370 g/mol. The molecule has 0 bridgehead atoms. The highest BCUT2D eigenvalue weighted by Crippen LogP contribution is 2.35. The first kappa shape index (κ1) is 9.30. The van der Waals surface area contributed by atoms with E-state index in [1.54, 1.807) is 11.3 Å². The molecule has 0 unspecified atom stereocenters. The molecule has 0 amide bonds. The van der Waals surface area contributed by atoms with Crippen molar-refractivity contribution in [3.63, 3.8) is 0 Å². The number of hydrogen-bond donors (Lipinski definition) is 1. The highest BCUT2D eigenvalue weighted by molar-refractivity contribution is 14.1. The van der Waals surface area contributed by atoms with Gasteiger partial charge in [0.25, 0.3) is 0 Å². The van der Waals surface area contributed by atoms with E-state index in [4.69, 9.17) is 0 Å². The summed E-state index contributed by atoms with van der Waals surface area (Å²) in [5.41, 5.74) is 0. The predicted octanol–water partition coefficient (Wildman–Crippen LogP) is 4.56. The summed E-state index contributed by atoms with van der Waals surface area (Å²) in [5, 5.41) is 1.26. The van der Waals surface area contributed by atoms with Crippen molar-refractivity contribution in [2.45, 2.75) is 4.21 Å². The van der Waals surface area contributed by atoms with Crippen molar-refractivity contribution in [1.29, 1.82) is 0 Å². The van der Waals surface area contributed by atoms with Gasteiger partial charge >= 0.3 is 0 Å². The number of thiophene rings is 1. The standard InChI is InChI=1S/C8H4BrIS2/c9-5-1-2-6(10)8-4(5)3-7(11)12-8/h1-3,11H. The molecule has 0 aliphatic rings. The van der Waals surface area contributed by atoms with Crippen LogP contribution < -0.4 is 0 Å². The van der Waals surface area contributed by atoms with Crippen LogP contribution >= 0.6 is 62.5 Å². The summed E-state index contributed by atoms with van der Waals surface area (Å²) in [7, 11) is 0. The van der Waals surface area contributed by atoms with Gasteiger partial charge in [-0.05, 0) is 40.8 Å². The molecule has 0 nitrogen and oxygen atoms in total. The van der Waals surface area contributed by atoms with Crippen LogP contribution in [0.3, 0.4) is 0 Å². The number of halogens is 2. The van der Waals surface area contributed by atoms with E-state index in [1.807, 2.05) is 0 Å². The fourth-order valence-electron chi connectivity index (χ4n) is 1.04. The van der Waals surface area contributed by atoms with Gasteiger partial charge in [-0.1, -0.05) is 15.9 Å². The van der Waals surface area contributed by atoms with E-state index in [1.165, 1.54) is 13.7 Å². The fraction of sp³-hybridized carbons (Fsp3) is 0. The van der Waals surface area contributed by atoms with Crippen LogP contribution in [0.15, 0.2) is 26.9 Å². The summed E-state index contributed by atoms with van der Waals surface area (Å²) in [5.74, 6) is 0. The Labute approximate surface area is 102 Å². The Hall–Kier alpha value is 0.740. The summed E-state index contributed by atoms with van der Waals surface area (Å²) >= 11 is 11.9. The van der Waals surface area contributed by atoms with Gasteiger partial charge in [-0.3, -0.25) is 0 Å². The molecule has 2 rings (SSSR count). The molecule has 1 aromatic carbocycles. The van der Waals surface area contributed by atoms with Crippen molar-refractivity contribution in [1.82, 2.24) is 0 Å². The molecule has 0 N–H and O–H groups in total. The first-order valence-electron chi connectivity index (χ1n) is 3.25. The number of benzene rings is 1. The van der Waals surface area contributed by atoms with Crippen LogP contribution in [-0.2, 0) is 0 Å². The average molecular weight is 371 g/mol. The van der Waals surface area contributed by atoms with E-state index >= 15 is 0 Å². The van der Waals surface area contributed by atoms with Gasteiger partial charge in [0.2, 0.25) is 0 Å². The van der Waals surface area contributed by atoms with Gasteiger partial charge in [0, 0.05) is 18.1 Å². The molecule has 0 spiro atoms. The van der Waals surface area contributed by atoms with Gasteiger partial charge in [0.15, 0.2) is 0 Å². The maximum absolute atomic E-state index is 4.33. The second kappa shape index (κ2) is 3.48. The molecule has 0 saturated heterocycles. The lowest BCUT2D eigenvalue weighted by molar-refractivity contribution is 1.71. The maximum atomic E-state index is 4.33. The predicted molar refractivity (Wildman–Crippen MR) is 69.5 cm³/mol. The minimum absolute atomic E-state index is 1.06. The molecule has 0 fully saturated rings. The first-order chi connectivity index (χ1) is 5.68. The average Bonchev–Trinajstić information content (AvgIpc) is 2.41. The topological polar surface area (TPSA) is 0 Å². The van der Waals surface area contributed by atoms with Crippen LogP contribution in [0.25, 0.3) is 10.1 Å². The molecule has 1 aromatic heterocycles. The summed E-state index contributed by atoms with van der Waals surface area (Å²) in [4.78, 5) is 0. The molecule has 0 saturated carbocycles. The van der Waals surface area contributed by atoms with Gasteiger partial charge in [0.05, 0.1) is 4.21 Å². The molecule has 62 valence electrons. The molecule has 4 heteroatoms. The van der Waals surface area contributed by atoms with Crippen LogP contribution in [0.5, 0.6) is 0 Å². The number of thiol groups is 1. The van der Waals surface area contributed by atoms with E-state index in [0.29, 0.717) is 0 Å². The third-order valence-corrected chi connectivity index (χ3v) is 4.90. The number of rotatable bonds is 0. The SMILES string of the molecule is Sc1cc2c(Br)ccc(I)c2s1. The van der Waals surface area contributed by atoms with Crippen LogP contribution in [0, 0.1) is 3.57 Å². The van der Waals surface area contributed by atoms with Crippen LogP contribution in [0.2, 0.25) is 0 Å². The van der Waals surface area contributed by atoms with Crippen molar-refractivity contribution in [3.8, 4) is 0 Å². The molecule has 0 aliphatic carbocycles. The second-order valence-corrected chi connectivity index (χ2v) is 6.21. The van der Waals surface area contributed by atoms with Gasteiger partial charge in [0.1, 0.15) is 0 Å². The lowest BCUT2D eigenvalue weighted by Gasteiger charge is -1.94. The minimum atomic E-state index is 1.06. The molecule has 1 heterocycles. The molecule has 12 heavy (non-hydrogen) atoms. The highest BCUT2D eigenvalue weighted by atomic mass is 127. The Balaban J connectivity index is 2.93. The molecule has 0 aliphatic heterocycles. The van der Waals surface area contributed by atoms with Crippen LogP contribution in [-0.4, -0.2) is 0 Å². The Morgan fingerprint density at radius 2 is 2.17 bits per heavy atom. The maximum Gasteiger partial charge on any atom is 0.0581 e. The van der Waals surface area contributed by atoms with Crippen LogP contribution in [0.4, 0.5) is 0 Å². The summed E-state index contributed by atoms with van der Waals surface area (Å²) in [6.07, 6.45) is 0. The van der Waals surface area contributed by atoms with Gasteiger partial charge in [-0.2, -0.15) is 0 Å². The molecule has 0 radical (unpaired) electrons. The Bertz CT molecular complexity index is 397. The van der Waals surface area contributed by atoms with E-state index in [2.05, 4.69) is 69.3 Å². The van der Waals surface area contributed by atoms with Gasteiger partial charge in [-0.15, -0.1) is 24.0 Å². The third kappa shape index (κ3) is 1.54. The van der Waals surface area contributed by atoms with Crippen LogP contribution in [0.1, 0.15) is 0 Å². The molecule has 0 atom stereocenters. The third-order valence-electron chi connectivity index (χ3n) is 1.57. The Morgan fingerprint density at radius 1 is 1.42 bits per heavy atom. The lowest BCUT2D eigenvalue weighted by Crippen LogP contribution is -1.71. The number of fused-ring (bicyclic) bond motifs is 1. The smallest absolute Gasteiger partial charge is 0.0581 e. The van der Waals surface area contributed by atoms with E-state index in [0.717, 1.165) is 8.68 Å². The highest BCUT2D eigenvalue weighted by Gasteiger charge is 2.05. The minimum Gasteiger partial charge on any atom is -0.133 e. The Kier molecular flexibility index (Phi) is 2.69. The first-order valence-corrected chi connectivity index (χ1v) is 6.38. The molecule has 2 aromatic rings. The largest absolute Gasteiger partial charge is 0.133 e. The quantitative estimate of drug-likeness (QED) is 0.510. The van der Waals surface area contributed by atoms with Crippen molar-refractivity contribution in [2.75, 3.05) is 0 Å². The van der Waals surface area contributed by atoms with Crippen molar-refractivity contribution >= 4 is 72.6 Å². The zero-order valence-electron chi connectivity index (χ0n) is 5.84. The van der Waals surface area contributed by atoms with Gasteiger partial charge < -0.3 is 0 Å². The summed E-state index contributed by atoms with van der Waals surface area (Å²) < 4.78 is 4.82. The lowest BCUT2D eigenvalue weighted by atomic mass is 10.3. The summed E-state index contributed by atoms with van der Waals surface area (Å²) in [6, 6.07) is 6.27. The van der Waals surface area contributed by atoms with E-state index in [9.17, 15) is 0 Å².